The maximum atomic E-state index is 12.5. The minimum Gasteiger partial charge on any atom is -0.434 e. The van der Waals surface area contributed by atoms with Crippen molar-refractivity contribution in [2.45, 2.75) is 32.4 Å². The van der Waals surface area contributed by atoms with Crippen molar-refractivity contribution in [3.63, 3.8) is 0 Å². The molecule has 0 atom stereocenters. The van der Waals surface area contributed by atoms with Crippen LogP contribution in [0.15, 0.2) is 23.2 Å². The van der Waals surface area contributed by atoms with E-state index < -0.39 is 6.61 Å². The van der Waals surface area contributed by atoms with Gasteiger partial charge >= 0.3 is 6.61 Å². The second-order valence-corrected chi connectivity index (χ2v) is 6.21. The van der Waals surface area contributed by atoms with E-state index in [4.69, 9.17) is 11.6 Å². The lowest BCUT2D eigenvalue weighted by atomic mass is 10.1. The summed E-state index contributed by atoms with van der Waals surface area (Å²) in [6.45, 7) is -2.26. The van der Waals surface area contributed by atoms with Crippen LogP contribution in [-0.2, 0) is 16.1 Å². The minimum absolute atomic E-state index is 0.0156. The third-order valence-electron chi connectivity index (χ3n) is 3.92. The van der Waals surface area contributed by atoms with Gasteiger partial charge in [0.25, 0.3) is 0 Å². The molecule has 1 aromatic rings. The summed E-state index contributed by atoms with van der Waals surface area (Å²) >= 11 is 5.91. The van der Waals surface area contributed by atoms with Crippen LogP contribution in [0.5, 0.6) is 5.75 Å². The summed E-state index contributed by atoms with van der Waals surface area (Å²) in [5.74, 6) is 0.0455. The van der Waals surface area contributed by atoms with Crippen LogP contribution in [0.25, 0.3) is 0 Å². The van der Waals surface area contributed by atoms with Crippen molar-refractivity contribution in [3.8, 4) is 5.75 Å². The number of nitrogens with one attached hydrogen (secondary N) is 2. The Kier molecular flexibility index (Phi) is 7.78. The van der Waals surface area contributed by atoms with Crippen LogP contribution in [0, 0.1) is 0 Å². The molecule has 0 radical (unpaired) electrons. The molecule has 1 aromatic carbocycles. The molecule has 1 aliphatic rings. The van der Waals surface area contributed by atoms with E-state index in [9.17, 15) is 18.4 Å². The molecular formula is C17H21ClF2N4O3. The maximum absolute atomic E-state index is 12.5. The Labute approximate surface area is 160 Å². The number of carbonyl (C=O) groups excluding carboxylic acids is 2. The van der Waals surface area contributed by atoms with Crippen LogP contribution >= 0.6 is 11.6 Å². The molecule has 0 aliphatic carbocycles. The van der Waals surface area contributed by atoms with Crippen LogP contribution in [-0.4, -0.2) is 49.4 Å². The van der Waals surface area contributed by atoms with Crippen LogP contribution in [0.2, 0.25) is 5.02 Å². The molecule has 0 unspecified atom stereocenters. The van der Waals surface area contributed by atoms with Crippen molar-refractivity contribution < 1.29 is 23.1 Å². The monoisotopic (exact) mass is 402 g/mol. The number of imide groups is 1. The summed E-state index contributed by atoms with van der Waals surface area (Å²) in [7, 11) is 1.54. The zero-order valence-electron chi connectivity index (χ0n) is 14.8. The molecule has 27 heavy (non-hydrogen) atoms. The van der Waals surface area contributed by atoms with Gasteiger partial charge in [0.2, 0.25) is 11.8 Å². The molecule has 7 nitrogen and oxygen atoms in total. The Balaban J connectivity index is 1.88. The van der Waals surface area contributed by atoms with Crippen LogP contribution < -0.4 is 15.4 Å². The molecule has 1 aliphatic heterocycles. The number of aliphatic imine (C=N–C) groups is 1. The first kappa shape index (κ1) is 20.9. The number of carbonyl (C=O) groups is 2. The fourth-order valence-electron chi connectivity index (χ4n) is 2.63. The van der Waals surface area contributed by atoms with E-state index in [1.165, 1.54) is 23.1 Å². The molecule has 0 bridgehead atoms. The number of ether oxygens (including phenoxy) is 1. The van der Waals surface area contributed by atoms with Crippen LogP contribution in [0.3, 0.4) is 0 Å². The first-order chi connectivity index (χ1) is 12.9. The van der Waals surface area contributed by atoms with Crippen LogP contribution in [0.4, 0.5) is 8.78 Å². The second kappa shape index (κ2) is 10.1. The molecule has 1 saturated heterocycles. The number of guanidine groups is 1. The Hall–Kier alpha value is -2.42. The lowest BCUT2D eigenvalue weighted by Crippen LogP contribution is -2.46. The summed E-state index contributed by atoms with van der Waals surface area (Å²) in [4.78, 5) is 28.8. The Morgan fingerprint density at radius 2 is 2.00 bits per heavy atom. The van der Waals surface area contributed by atoms with Gasteiger partial charge in [-0.25, -0.2) is 0 Å². The number of nitrogens with zero attached hydrogens (tertiary/aromatic N) is 2. The molecule has 2 N–H and O–H groups in total. The third-order valence-corrected chi connectivity index (χ3v) is 4.15. The van der Waals surface area contributed by atoms with Crippen molar-refractivity contribution in [3.05, 3.63) is 28.8 Å². The molecular weight excluding hydrogens is 382 g/mol. The number of benzene rings is 1. The van der Waals surface area contributed by atoms with Gasteiger partial charge in [0.05, 0.1) is 0 Å². The highest BCUT2D eigenvalue weighted by atomic mass is 35.5. The summed E-state index contributed by atoms with van der Waals surface area (Å²) in [6.07, 6.45) is 1.34. The largest absolute Gasteiger partial charge is 0.434 e. The highest BCUT2D eigenvalue weighted by Crippen LogP contribution is 2.24. The zero-order chi connectivity index (χ0) is 19.8. The Bertz CT molecular complexity index is 699. The predicted molar refractivity (Wildman–Crippen MR) is 96.9 cm³/mol. The lowest BCUT2D eigenvalue weighted by Gasteiger charge is -2.25. The molecule has 0 spiro atoms. The number of amides is 2. The van der Waals surface area contributed by atoms with Crippen molar-refractivity contribution in [2.24, 2.45) is 4.99 Å². The van der Waals surface area contributed by atoms with Gasteiger partial charge in [0.1, 0.15) is 5.75 Å². The smallest absolute Gasteiger partial charge is 0.387 e. The summed E-state index contributed by atoms with van der Waals surface area (Å²) in [6, 6.07) is 4.35. The second-order valence-electron chi connectivity index (χ2n) is 5.78. The van der Waals surface area contributed by atoms with Gasteiger partial charge in [0, 0.05) is 50.1 Å². The van der Waals surface area contributed by atoms with E-state index in [2.05, 4.69) is 20.4 Å². The van der Waals surface area contributed by atoms with E-state index >= 15 is 0 Å². The Morgan fingerprint density at radius 3 is 2.63 bits per heavy atom. The topological polar surface area (TPSA) is 83.0 Å². The summed E-state index contributed by atoms with van der Waals surface area (Å²) in [5, 5.41) is 6.31. The number of rotatable bonds is 7. The quantitative estimate of drug-likeness (QED) is 0.415. The average molecular weight is 403 g/mol. The first-order valence-electron chi connectivity index (χ1n) is 8.41. The van der Waals surface area contributed by atoms with Crippen molar-refractivity contribution in [2.75, 3.05) is 20.1 Å². The van der Waals surface area contributed by atoms with Gasteiger partial charge in [-0.1, -0.05) is 11.6 Å². The average Bonchev–Trinajstić information content (AvgIpc) is 2.61. The molecule has 1 fully saturated rings. The first-order valence-corrected chi connectivity index (χ1v) is 8.79. The highest BCUT2D eigenvalue weighted by molar-refractivity contribution is 6.30. The molecule has 0 aromatic heterocycles. The molecule has 10 heteroatoms. The number of hydrogen-bond acceptors (Lipinski definition) is 4. The SMILES string of the molecule is CN=C(NCCN1C(=O)CCCC1=O)NCc1cc(Cl)ccc1OC(F)F. The van der Waals surface area contributed by atoms with E-state index in [0.29, 0.717) is 42.4 Å². The Morgan fingerprint density at radius 1 is 1.30 bits per heavy atom. The van der Waals surface area contributed by atoms with Gasteiger partial charge in [-0.15, -0.1) is 0 Å². The third kappa shape index (κ3) is 6.35. The van der Waals surface area contributed by atoms with Gasteiger partial charge in [-0.2, -0.15) is 8.78 Å². The van der Waals surface area contributed by atoms with Crippen molar-refractivity contribution >= 4 is 29.4 Å². The van der Waals surface area contributed by atoms with E-state index in [0.717, 1.165) is 0 Å². The predicted octanol–water partition coefficient (Wildman–Crippen LogP) is 2.15. The normalized spacial score (nSPS) is 15.3. The highest BCUT2D eigenvalue weighted by Gasteiger charge is 2.25. The summed E-state index contributed by atoms with van der Waals surface area (Å²) in [5.41, 5.74) is 0.437. The molecule has 2 amide bonds. The van der Waals surface area contributed by atoms with Gasteiger partial charge < -0.3 is 15.4 Å². The maximum Gasteiger partial charge on any atom is 0.387 e. The molecule has 0 saturated carbocycles. The van der Waals surface area contributed by atoms with Crippen LogP contribution in [0.1, 0.15) is 24.8 Å². The molecule has 148 valence electrons. The molecule has 1 heterocycles. The minimum atomic E-state index is -2.94. The van der Waals surface area contributed by atoms with Crippen molar-refractivity contribution in [1.29, 1.82) is 0 Å². The number of hydrogen-bond donors (Lipinski definition) is 2. The van der Waals surface area contributed by atoms with E-state index in [1.807, 2.05) is 0 Å². The van der Waals surface area contributed by atoms with E-state index in [-0.39, 0.29) is 30.7 Å². The van der Waals surface area contributed by atoms with E-state index in [1.54, 1.807) is 7.05 Å². The fraction of sp³-hybridized carbons (Fsp3) is 0.471. The zero-order valence-corrected chi connectivity index (χ0v) is 15.6. The molecule has 2 rings (SSSR count). The van der Waals surface area contributed by atoms with Gasteiger partial charge in [0.15, 0.2) is 5.96 Å². The van der Waals surface area contributed by atoms with Crippen molar-refractivity contribution in [1.82, 2.24) is 15.5 Å². The fourth-order valence-corrected chi connectivity index (χ4v) is 2.83. The number of likely N-dealkylation sites (tertiary alicyclic amines) is 1. The lowest BCUT2D eigenvalue weighted by molar-refractivity contribution is -0.147. The number of alkyl halides is 2. The number of halogens is 3. The van der Waals surface area contributed by atoms with Gasteiger partial charge in [-0.05, 0) is 24.6 Å². The standard InChI is InChI=1S/C17H21ClF2N4O3/c1-21-17(22-7-8-24-14(25)3-2-4-15(24)26)23-10-11-9-12(18)5-6-13(11)27-16(19)20/h5-6,9,16H,2-4,7-8,10H2,1H3,(H2,21,22,23). The number of piperidine rings is 1. The summed E-state index contributed by atoms with van der Waals surface area (Å²) < 4.78 is 29.5. The van der Waals surface area contributed by atoms with Gasteiger partial charge in [-0.3, -0.25) is 19.5 Å².